The number of nitrogens with zero attached hydrogens (tertiary/aromatic N) is 2. The van der Waals surface area contributed by atoms with Gasteiger partial charge in [-0.3, -0.25) is 9.69 Å². The summed E-state index contributed by atoms with van der Waals surface area (Å²) in [4.78, 5) is 41.3. The molecule has 1 aromatic carbocycles. The van der Waals surface area contributed by atoms with Gasteiger partial charge in [-0.25, -0.2) is 14.5 Å². The third-order valence-corrected chi connectivity index (χ3v) is 8.92. The van der Waals surface area contributed by atoms with E-state index in [4.69, 9.17) is 14.2 Å². The van der Waals surface area contributed by atoms with Crippen LogP contribution in [0.5, 0.6) is 0 Å². The fourth-order valence-corrected chi connectivity index (χ4v) is 6.72. The van der Waals surface area contributed by atoms with Crippen molar-refractivity contribution in [2.24, 2.45) is 5.92 Å². The summed E-state index contributed by atoms with van der Waals surface area (Å²) < 4.78 is 17.3. The van der Waals surface area contributed by atoms with E-state index >= 15 is 0 Å². The molecule has 1 saturated carbocycles. The number of imide groups is 1. The van der Waals surface area contributed by atoms with Gasteiger partial charge in [-0.1, -0.05) is 78.4 Å². The van der Waals surface area contributed by atoms with Crippen LogP contribution in [-0.4, -0.2) is 80.1 Å². The lowest BCUT2D eigenvalue weighted by Crippen LogP contribution is -2.54. The van der Waals surface area contributed by atoms with Gasteiger partial charge in [0.2, 0.25) is 5.91 Å². The highest BCUT2D eigenvalue weighted by Gasteiger charge is 2.56. The molecule has 40 heavy (non-hydrogen) atoms. The zero-order valence-electron chi connectivity index (χ0n) is 24.2. The Bertz CT molecular complexity index is 1050. The number of carbonyl (C=O) groups excluding carboxylic acids is 3. The molecule has 2 heterocycles. The fourth-order valence-electron chi connectivity index (χ4n) is 6.19. The summed E-state index contributed by atoms with van der Waals surface area (Å²) >= 11 is 3.40. The number of carbonyl (C=O) groups is 3. The Morgan fingerprint density at radius 1 is 1.15 bits per heavy atom. The van der Waals surface area contributed by atoms with Crippen molar-refractivity contribution in [2.75, 3.05) is 6.61 Å². The monoisotopic (exact) mass is 622 g/mol. The van der Waals surface area contributed by atoms with Crippen molar-refractivity contribution >= 4 is 34.0 Å². The Labute approximate surface area is 245 Å². The normalized spacial score (nSPS) is 26.9. The summed E-state index contributed by atoms with van der Waals surface area (Å²) in [5.41, 5.74) is -0.820. The number of ether oxygens (including phenoxy) is 3. The number of hydrogen-bond donors (Lipinski definition) is 1. The number of alkyl halides is 1. The van der Waals surface area contributed by atoms with Gasteiger partial charge >= 0.3 is 12.2 Å². The topological polar surface area (TPSA) is 106 Å². The smallest absolute Gasteiger partial charge is 0.417 e. The molecule has 0 spiro atoms. The Morgan fingerprint density at radius 3 is 2.42 bits per heavy atom. The van der Waals surface area contributed by atoms with Crippen molar-refractivity contribution < 1.29 is 33.7 Å². The molecule has 3 aliphatic rings. The molecule has 1 aromatic rings. The molecule has 1 aliphatic carbocycles. The van der Waals surface area contributed by atoms with E-state index in [9.17, 15) is 19.5 Å². The average Bonchev–Trinajstić information content (AvgIpc) is 3.38. The van der Waals surface area contributed by atoms with Crippen LogP contribution >= 0.6 is 15.9 Å². The number of cyclic esters (lactones) is 1. The van der Waals surface area contributed by atoms with Crippen LogP contribution in [-0.2, 0) is 25.4 Å². The van der Waals surface area contributed by atoms with Crippen LogP contribution in [0.2, 0.25) is 0 Å². The third-order valence-electron chi connectivity index (χ3n) is 7.99. The summed E-state index contributed by atoms with van der Waals surface area (Å²) in [7, 11) is 0. The molecule has 9 nitrogen and oxygen atoms in total. The second-order valence-corrected chi connectivity index (χ2v) is 13.7. The van der Waals surface area contributed by atoms with Crippen molar-refractivity contribution in [3.8, 4) is 0 Å². The number of rotatable bonds is 7. The van der Waals surface area contributed by atoms with Crippen LogP contribution in [0.3, 0.4) is 0 Å². The van der Waals surface area contributed by atoms with Gasteiger partial charge in [0.1, 0.15) is 35.0 Å². The number of hydrogen-bond acceptors (Lipinski definition) is 7. The maximum Gasteiger partial charge on any atom is 0.417 e. The lowest BCUT2D eigenvalue weighted by Gasteiger charge is -2.37. The summed E-state index contributed by atoms with van der Waals surface area (Å²) in [5.74, 6) is -0.228. The minimum Gasteiger partial charge on any atom is -0.447 e. The molecule has 4 rings (SSSR count). The molecule has 0 unspecified atom stereocenters. The van der Waals surface area contributed by atoms with Gasteiger partial charge in [0.25, 0.3) is 0 Å². The van der Waals surface area contributed by atoms with Gasteiger partial charge in [0.05, 0.1) is 12.1 Å². The molecule has 3 amide bonds. The van der Waals surface area contributed by atoms with Gasteiger partial charge in [0.15, 0.2) is 0 Å². The van der Waals surface area contributed by atoms with Crippen LogP contribution in [0.25, 0.3) is 0 Å². The Hall–Kier alpha value is -2.17. The van der Waals surface area contributed by atoms with E-state index in [0.717, 1.165) is 36.1 Å². The standard InChI is InChI=1S/C30H43BrN2O7/c1-29(2,3)40-28(37)33-22(17-20-14-10-7-11-15-20)25(39-30(33,4)5)24(34)23(31)26(35)32-21(18-38-27(32)36)16-19-12-8-6-9-13-19/h6,8-9,12-13,20-25,34H,7,10-11,14-18H2,1-5H3/t21-,22+,23-,24-,25-/m1/s1. The third kappa shape index (κ3) is 6.99. The molecule has 0 bridgehead atoms. The first-order chi connectivity index (χ1) is 18.8. The van der Waals surface area contributed by atoms with Gasteiger partial charge in [-0.15, -0.1) is 0 Å². The van der Waals surface area contributed by atoms with Crippen LogP contribution < -0.4 is 0 Å². The number of aliphatic hydroxyl groups is 1. The number of aliphatic hydroxyl groups excluding tert-OH is 1. The number of halogens is 1. The van der Waals surface area contributed by atoms with E-state index in [2.05, 4.69) is 15.9 Å². The fraction of sp³-hybridized carbons (Fsp3) is 0.700. The highest BCUT2D eigenvalue weighted by Crippen LogP contribution is 2.41. The lowest BCUT2D eigenvalue weighted by atomic mass is 9.82. The van der Waals surface area contributed by atoms with Crippen LogP contribution in [0.1, 0.15) is 78.7 Å². The van der Waals surface area contributed by atoms with E-state index in [1.54, 1.807) is 18.7 Å². The highest BCUT2D eigenvalue weighted by molar-refractivity contribution is 9.10. The Morgan fingerprint density at radius 2 is 1.80 bits per heavy atom. The predicted molar refractivity (Wildman–Crippen MR) is 153 cm³/mol. The molecule has 222 valence electrons. The van der Waals surface area contributed by atoms with Crippen LogP contribution in [0, 0.1) is 5.92 Å². The van der Waals surface area contributed by atoms with Crippen LogP contribution in [0.15, 0.2) is 30.3 Å². The molecule has 5 atom stereocenters. The van der Waals surface area contributed by atoms with E-state index in [-0.39, 0.29) is 6.61 Å². The molecule has 3 fully saturated rings. The number of benzene rings is 1. The first kappa shape index (κ1) is 30.8. The van der Waals surface area contributed by atoms with E-state index in [1.165, 1.54) is 6.42 Å². The minimum atomic E-state index is -1.33. The molecule has 2 aliphatic heterocycles. The van der Waals surface area contributed by atoms with Crippen molar-refractivity contribution in [2.45, 2.75) is 120 Å². The van der Waals surface area contributed by atoms with E-state index in [1.807, 2.05) is 51.1 Å². The highest BCUT2D eigenvalue weighted by atomic mass is 79.9. The second-order valence-electron chi connectivity index (χ2n) is 12.7. The SMILES string of the molecule is CC(C)(C)OC(=O)N1[C@@H](CC2CCCCC2)[C@H]([C@H](O)[C@@H](Br)C(=O)N2C(=O)OC[C@H]2Cc2ccccc2)OC1(C)C. The van der Waals surface area contributed by atoms with Crippen molar-refractivity contribution in [3.05, 3.63) is 35.9 Å². The zero-order chi connectivity index (χ0) is 29.2. The molecule has 2 saturated heterocycles. The first-order valence-electron chi connectivity index (χ1n) is 14.3. The lowest BCUT2D eigenvalue weighted by molar-refractivity contribution is -0.135. The Balaban J connectivity index is 1.56. The Kier molecular flexibility index (Phi) is 9.52. The zero-order valence-corrected chi connectivity index (χ0v) is 25.8. The van der Waals surface area contributed by atoms with Crippen LogP contribution in [0.4, 0.5) is 9.59 Å². The number of amides is 3. The molecule has 10 heteroatoms. The predicted octanol–water partition coefficient (Wildman–Crippen LogP) is 5.41. The quantitative estimate of drug-likeness (QED) is 0.405. The first-order valence-corrected chi connectivity index (χ1v) is 15.3. The summed E-state index contributed by atoms with van der Waals surface area (Å²) in [6, 6.07) is 8.56. The summed E-state index contributed by atoms with van der Waals surface area (Å²) in [5, 5.41) is 11.6. The maximum absolute atomic E-state index is 13.7. The second kappa shape index (κ2) is 12.4. The molecule has 1 N–H and O–H groups in total. The van der Waals surface area contributed by atoms with Crippen molar-refractivity contribution in [1.82, 2.24) is 9.80 Å². The van der Waals surface area contributed by atoms with Gasteiger partial charge < -0.3 is 19.3 Å². The summed E-state index contributed by atoms with van der Waals surface area (Å²) in [6.45, 7) is 9.06. The molecule has 0 radical (unpaired) electrons. The van der Waals surface area contributed by atoms with Crippen molar-refractivity contribution in [1.29, 1.82) is 0 Å². The van der Waals surface area contributed by atoms with E-state index in [0.29, 0.717) is 18.8 Å². The largest absolute Gasteiger partial charge is 0.447 e. The van der Waals surface area contributed by atoms with E-state index < -0.39 is 58.5 Å². The van der Waals surface area contributed by atoms with Gasteiger partial charge in [-0.2, -0.15) is 0 Å². The molecular weight excluding hydrogens is 580 g/mol. The van der Waals surface area contributed by atoms with Gasteiger partial charge in [-0.05, 0) is 58.9 Å². The minimum absolute atomic E-state index is 0.0823. The summed E-state index contributed by atoms with van der Waals surface area (Å²) in [6.07, 6.45) is 3.14. The molecule has 0 aromatic heterocycles. The van der Waals surface area contributed by atoms with Gasteiger partial charge in [0, 0.05) is 0 Å². The average molecular weight is 624 g/mol. The van der Waals surface area contributed by atoms with Crippen molar-refractivity contribution in [3.63, 3.8) is 0 Å². The molecular formula is C30H43BrN2O7. The maximum atomic E-state index is 13.7.